The third kappa shape index (κ3) is 4.04. The van der Waals surface area contributed by atoms with E-state index >= 15 is 0 Å². The van der Waals surface area contributed by atoms with Gasteiger partial charge in [-0.05, 0) is 57.9 Å². The number of rotatable bonds is 3. The number of halogens is 1. The van der Waals surface area contributed by atoms with E-state index in [2.05, 4.69) is 4.90 Å². The number of nitrogens with zero attached hydrogens (tertiary/aromatic N) is 1. The fourth-order valence-corrected chi connectivity index (χ4v) is 2.52. The van der Waals surface area contributed by atoms with Crippen LogP contribution in [0.5, 0.6) is 0 Å². The van der Waals surface area contributed by atoms with Gasteiger partial charge in [0.2, 0.25) is 0 Å². The van der Waals surface area contributed by atoms with Gasteiger partial charge in [0.05, 0.1) is 0 Å². The minimum Gasteiger partial charge on any atom is -0.459 e. The van der Waals surface area contributed by atoms with E-state index in [1.165, 1.54) is 12.1 Å². The van der Waals surface area contributed by atoms with Gasteiger partial charge in [-0.15, -0.1) is 0 Å². The topological polar surface area (TPSA) is 29.5 Å². The van der Waals surface area contributed by atoms with Crippen LogP contribution in [0.2, 0.25) is 0 Å². The van der Waals surface area contributed by atoms with Crippen molar-refractivity contribution in [1.29, 1.82) is 0 Å². The van der Waals surface area contributed by atoms with Crippen LogP contribution in [-0.4, -0.2) is 29.1 Å². The molecule has 110 valence electrons. The highest BCUT2D eigenvalue weighted by molar-refractivity contribution is 5.76. The summed E-state index contributed by atoms with van der Waals surface area (Å²) in [6, 6.07) is 6.32. The molecule has 2 rings (SSSR count). The van der Waals surface area contributed by atoms with Crippen molar-refractivity contribution in [3.8, 4) is 0 Å². The van der Waals surface area contributed by atoms with Gasteiger partial charge in [0.1, 0.15) is 17.5 Å². The van der Waals surface area contributed by atoms with Crippen molar-refractivity contribution in [1.82, 2.24) is 4.90 Å². The maximum Gasteiger partial charge on any atom is 0.323 e. The summed E-state index contributed by atoms with van der Waals surface area (Å²) in [5, 5.41) is 0. The lowest BCUT2D eigenvalue weighted by atomic mass is 10.1. The minimum atomic E-state index is -0.468. The average molecular weight is 279 g/mol. The largest absolute Gasteiger partial charge is 0.459 e. The van der Waals surface area contributed by atoms with E-state index in [0.717, 1.165) is 24.9 Å². The Morgan fingerprint density at radius 1 is 1.45 bits per heavy atom. The van der Waals surface area contributed by atoms with E-state index in [4.69, 9.17) is 4.74 Å². The second-order valence-electron chi connectivity index (χ2n) is 6.29. The molecule has 1 aliphatic heterocycles. The molecule has 1 atom stereocenters. The molecular weight excluding hydrogens is 257 g/mol. The first kappa shape index (κ1) is 15.0. The molecule has 0 bridgehead atoms. The summed E-state index contributed by atoms with van der Waals surface area (Å²) in [5.74, 6) is -0.415. The Labute approximate surface area is 119 Å². The highest BCUT2D eigenvalue weighted by Gasteiger charge is 2.33. The summed E-state index contributed by atoms with van der Waals surface area (Å²) in [4.78, 5) is 14.3. The molecule has 0 aromatic heterocycles. The number of carbonyl (C=O) groups is 1. The summed E-state index contributed by atoms with van der Waals surface area (Å²) in [6.07, 6.45) is 1.78. The summed E-state index contributed by atoms with van der Waals surface area (Å²) in [5.41, 5.74) is 0.421. The van der Waals surface area contributed by atoms with Gasteiger partial charge in [0.25, 0.3) is 0 Å². The zero-order valence-electron chi connectivity index (χ0n) is 12.4. The Hall–Kier alpha value is -1.42. The van der Waals surface area contributed by atoms with Gasteiger partial charge in [0.15, 0.2) is 0 Å². The highest BCUT2D eigenvalue weighted by atomic mass is 19.1. The Balaban J connectivity index is 2.02. The maximum absolute atomic E-state index is 13.2. The Morgan fingerprint density at radius 3 is 2.85 bits per heavy atom. The first-order valence-electron chi connectivity index (χ1n) is 7.06. The van der Waals surface area contributed by atoms with E-state index in [1.54, 1.807) is 6.07 Å². The van der Waals surface area contributed by atoms with Crippen LogP contribution in [0.25, 0.3) is 0 Å². The lowest BCUT2D eigenvalue weighted by Crippen LogP contribution is -2.40. The third-order valence-electron chi connectivity index (χ3n) is 3.32. The van der Waals surface area contributed by atoms with Gasteiger partial charge in [-0.3, -0.25) is 9.69 Å². The van der Waals surface area contributed by atoms with Crippen LogP contribution in [0.4, 0.5) is 4.39 Å². The van der Waals surface area contributed by atoms with Crippen molar-refractivity contribution in [2.24, 2.45) is 0 Å². The lowest BCUT2D eigenvalue weighted by molar-refractivity contribution is -0.160. The molecule has 4 heteroatoms. The summed E-state index contributed by atoms with van der Waals surface area (Å²) < 4.78 is 18.7. The second-order valence-corrected chi connectivity index (χ2v) is 6.29. The second kappa shape index (κ2) is 5.92. The first-order chi connectivity index (χ1) is 9.35. The summed E-state index contributed by atoms with van der Waals surface area (Å²) >= 11 is 0. The highest BCUT2D eigenvalue weighted by Crippen LogP contribution is 2.23. The molecule has 0 aliphatic carbocycles. The van der Waals surface area contributed by atoms with E-state index in [9.17, 15) is 9.18 Å². The SMILES string of the molecule is CC(C)(C)OC(=O)[C@H]1CCCN1Cc1cccc(F)c1. The predicted octanol–water partition coefficient (Wildman–Crippen LogP) is 3.13. The number of likely N-dealkylation sites (tertiary alicyclic amines) is 1. The Morgan fingerprint density at radius 2 is 2.20 bits per heavy atom. The molecule has 0 unspecified atom stereocenters. The minimum absolute atomic E-state index is 0.175. The molecular formula is C16H22FNO2. The van der Waals surface area contributed by atoms with Gasteiger partial charge >= 0.3 is 5.97 Å². The van der Waals surface area contributed by atoms with Crippen molar-refractivity contribution in [3.05, 3.63) is 35.6 Å². The number of hydrogen-bond acceptors (Lipinski definition) is 3. The number of benzene rings is 1. The molecule has 0 radical (unpaired) electrons. The zero-order valence-corrected chi connectivity index (χ0v) is 12.4. The molecule has 0 spiro atoms. The fraction of sp³-hybridized carbons (Fsp3) is 0.562. The molecule has 1 aromatic carbocycles. The van der Waals surface area contributed by atoms with Gasteiger partial charge in [0, 0.05) is 6.54 Å². The van der Waals surface area contributed by atoms with E-state index < -0.39 is 5.60 Å². The molecule has 20 heavy (non-hydrogen) atoms. The Bertz CT molecular complexity index is 482. The van der Waals surface area contributed by atoms with Crippen LogP contribution in [-0.2, 0) is 16.1 Å². The molecule has 1 aliphatic rings. The van der Waals surface area contributed by atoms with Gasteiger partial charge in [-0.25, -0.2) is 4.39 Å². The van der Waals surface area contributed by atoms with E-state index in [1.807, 2.05) is 26.8 Å². The number of carbonyl (C=O) groups excluding carboxylic acids is 1. The summed E-state index contributed by atoms with van der Waals surface area (Å²) in [6.45, 7) is 7.05. The van der Waals surface area contributed by atoms with Gasteiger partial charge < -0.3 is 4.74 Å². The van der Waals surface area contributed by atoms with Crippen LogP contribution in [0.1, 0.15) is 39.2 Å². The van der Waals surface area contributed by atoms with Crippen LogP contribution in [0.3, 0.4) is 0 Å². The smallest absolute Gasteiger partial charge is 0.323 e. The number of ether oxygens (including phenoxy) is 1. The molecule has 1 heterocycles. The average Bonchev–Trinajstić information content (AvgIpc) is 2.75. The molecule has 1 fully saturated rings. The molecule has 1 saturated heterocycles. The fourth-order valence-electron chi connectivity index (χ4n) is 2.52. The normalized spacial score (nSPS) is 20.1. The van der Waals surface area contributed by atoms with Gasteiger partial charge in [-0.1, -0.05) is 12.1 Å². The summed E-state index contributed by atoms with van der Waals surface area (Å²) in [7, 11) is 0. The first-order valence-corrected chi connectivity index (χ1v) is 7.06. The lowest BCUT2D eigenvalue weighted by Gasteiger charge is -2.27. The number of esters is 1. The van der Waals surface area contributed by atoms with Crippen molar-refractivity contribution in [3.63, 3.8) is 0 Å². The quantitative estimate of drug-likeness (QED) is 0.796. The standard InChI is InChI=1S/C16H22FNO2/c1-16(2,3)20-15(19)14-8-5-9-18(14)11-12-6-4-7-13(17)10-12/h4,6-7,10,14H,5,8-9,11H2,1-3H3/t14-/m1/s1. The molecule has 0 N–H and O–H groups in total. The van der Waals surface area contributed by atoms with Crippen LogP contribution in [0.15, 0.2) is 24.3 Å². The van der Waals surface area contributed by atoms with Crippen molar-refractivity contribution in [2.45, 2.75) is 51.8 Å². The predicted molar refractivity (Wildman–Crippen MR) is 75.7 cm³/mol. The van der Waals surface area contributed by atoms with E-state index in [0.29, 0.717) is 6.54 Å². The molecule has 3 nitrogen and oxygen atoms in total. The molecule has 0 amide bonds. The monoisotopic (exact) mass is 279 g/mol. The van der Waals surface area contributed by atoms with Gasteiger partial charge in [-0.2, -0.15) is 0 Å². The van der Waals surface area contributed by atoms with Crippen molar-refractivity contribution >= 4 is 5.97 Å². The zero-order chi connectivity index (χ0) is 14.8. The van der Waals surface area contributed by atoms with Crippen molar-refractivity contribution in [2.75, 3.05) is 6.54 Å². The van der Waals surface area contributed by atoms with Crippen molar-refractivity contribution < 1.29 is 13.9 Å². The van der Waals surface area contributed by atoms with Crippen LogP contribution in [0, 0.1) is 5.82 Å². The molecule has 1 aromatic rings. The molecule has 0 saturated carbocycles. The third-order valence-corrected chi connectivity index (χ3v) is 3.32. The maximum atomic E-state index is 13.2. The van der Waals surface area contributed by atoms with E-state index in [-0.39, 0.29) is 17.8 Å². The Kier molecular flexibility index (Phi) is 4.43. The number of hydrogen-bond donors (Lipinski definition) is 0. The van der Waals surface area contributed by atoms with Crippen LogP contribution >= 0.6 is 0 Å². The van der Waals surface area contributed by atoms with Crippen LogP contribution < -0.4 is 0 Å².